The second-order valence-corrected chi connectivity index (χ2v) is 14.7. The number of nitrogens with zero attached hydrogens (tertiary/aromatic N) is 2. The Labute approximate surface area is 254 Å². The van der Waals surface area contributed by atoms with Crippen molar-refractivity contribution < 1.29 is 4.48 Å². The van der Waals surface area contributed by atoms with E-state index in [4.69, 9.17) is 0 Å². The highest BCUT2D eigenvalue weighted by Gasteiger charge is 2.61. The Bertz CT molecular complexity index is 974. The fraction of sp³-hybridized carbons (Fsp3) is 0.692. The number of benzene rings is 2. The summed E-state index contributed by atoms with van der Waals surface area (Å²) in [6.07, 6.45) is 21.5. The molecular formula is C39H63N2+. The van der Waals surface area contributed by atoms with Crippen LogP contribution in [0.2, 0.25) is 0 Å². The van der Waals surface area contributed by atoms with Crippen molar-refractivity contribution in [2.45, 2.75) is 130 Å². The van der Waals surface area contributed by atoms with E-state index < -0.39 is 0 Å². The Kier molecular flexibility index (Phi) is 12.8. The van der Waals surface area contributed by atoms with Gasteiger partial charge in [0.2, 0.25) is 0 Å². The Morgan fingerprint density at radius 1 is 0.610 bits per heavy atom. The number of rotatable bonds is 19. The highest BCUT2D eigenvalue weighted by molar-refractivity contribution is 5.16. The van der Waals surface area contributed by atoms with Gasteiger partial charge in [0.15, 0.2) is 0 Å². The molecule has 2 aromatic carbocycles. The molecular weight excluding hydrogens is 496 g/mol. The van der Waals surface area contributed by atoms with Crippen LogP contribution in [0.25, 0.3) is 0 Å². The summed E-state index contributed by atoms with van der Waals surface area (Å²) in [6.45, 7) is 16.4. The van der Waals surface area contributed by atoms with Gasteiger partial charge in [-0.25, -0.2) is 0 Å². The molecule has 0 radical (unpaired) electrons. The minimum atomic E-state index is 0.380. The second-order valence-electron chi connectivity index (χ2n) is 14.7. The van der Waals surface area contributed by atoms with Crippen LogP contribution in [0.3, 0.4) is 0 Å². The van der Waals surface area contributed by atoms with Crippen molar-refractivity contribution in [2.24, 2.45) is 10.8 Å². The molecule has 0 N–H and O–H groups in total. The summed E-state index contributed by atoms with van der Waals surface area (Å²) < 4.78 is 1.30. The van der Waals surface area contributed by atoms with Gasteiger partial charge in [0, 0.05) is 29.5 Å². The van der Waals surface area contributed by atoms with Crippen LogP contribution in [0.1, 0.15) is 128 Å². The first-order valence-corrected chi connectivity index (χ1v) is 17.6. The molecule has 2 nitrogen and oxygen atoms in total. The van der Waals surface area contributed by atoms with Gasteiger partial charge < -0.3 is 4.48 Å². The summed E-state index contributed by atoms with van der Waals surface area (Å²) in [5.74, 6) is 0. The largest absolute Gasteiger partial charge is 0.319 e. The van der Waals surface area contributed by atoms with Crippen LogP contribution < -0.4 is 0 Å². The van der Waals surface area contributed by atoms with E-state index in [0.717, 1.165) is 6.54 Å². The lowest BCUT2D eigenvalue weighted by Gasteiger charge is -2.46. The SMILES string of the molecule is CCCCCCCCCCCCCCCC[N+]1(Cc2ccccc2)C[C@]2(C)CN(Cc3ccccc3)CC[C@]2(C)C1. The summed E-state index contributed by atoms with van der Waals surface area (Å²) in [6, 6.07) is 22.5. The summed E-state index contributed by atoms with van der Waals surface area (Å²) in [5, 5.41) is 0. The molecule has 41 heavy (non-hydrogen) atoms. The molecule has 0 saturated carbocycles. The van der Waals surface area contributed by atoms with Gasteiger partial charge in [-0.1, -0.05) is 158 Å². The number of likely N-dealkylation sites (tertiary alicyclic amines) is 2. The molecule has 0 amide bonds. The van der Waals surface area contributed by atoms with Gasteiger partial charge in [0.1, 0.15) is 6.54 Å². The Morgan fingerprint density at radius 2 is 1.10 bits per heavy atom. The average Bonchev–Trinajstić information content (AvgIpc) is 3.20. The highest BCUT2D eigenvalue weighted by atomic mass is 15.4. The van der Waals surface area contributed by atoms with Crippen molar-refractivity contribution in [3.05, 3.63) is 71.8 Å². The first-order valence-electron chi connectivity index (χ1n) is 17.6. The van der Waals surface area contributed by atoms with Crippen LogP contribution in [0.15, 0.2) is 60.7 Å². The lowest BCUT2D eigenvalue weighted by Crippen LogP contribution is -2.52. The van der Waals surface area contributed by atoms with Crippen LogP contribution in [0.5, 0.6) is 0 Å². The number of hydrogen-bond acceptors (Lipinski definition) is 1. The average molecular weight is 560 g/mol. The van der Waals surface area contributed by atoms with Gasteiger partial charge in [-0.3, -0.25) is 4.90 Å². The van der Waals surface area contributed by atoms with E-state index in [1.807, 2.05) is 0 Å². The fourth-order valence-corrected chi connectivity index (χ4v) is 8.46. The van der Waals surface area contributed by atoms with Crippen molar-refractivity contribution in [3.63, 3.8) is 0 Å². The Morgan fingerprint density at radius 3 is 1.66 bits per heavy atom. The molecule has 2 aliphatic rings. The monoisotopic (exact) mass is 559 g/mol. The van der Waals surface area contributed by atoms with Crippen LogP contribution in [-0.2, 0) is 13.1 Å². The zero-order valence-electron chi connectivity index (χ0n) is 27.2. The predicted molar refractivity (Wildman–Crippen MR) is 178 cm³/mol. The number of piperidine rings is 1. The maximum absolute atomic E-state index is 2.76. The quantitative estimate of drug-likeness (QED) is 0.122. The third-order valence-corrected chi connectivity index (χ3v) is 11.0. The van der Waals surface area contributed by atoms with Gasteiger partial charge in [-0.05, 0) is 31.4 Å². The summed E-state index contributed by atoms with van der Waals surface area (Å²) in [7, 11) is 0. The molecule has 1 unspecified atom stereocenters. The van der Waals surface area contributed by atoms with Gasteiger partial charge >= 0.3 is 0 Å². The molecule has 228 valence electrons. The normalized spacial score (nSPS) is 26.3. The number of fused-ring (bicyclic) bond motifs is 1. The second kappa shape index (κ2) is 16.3. The fourth-order valence-electron chi connectivity index (χ4n) is 8.46. The lowest BCUT2D eigenvalue weighted by atomic mass is 9.64. The highest BCUT2D eigenvalue weighted by Crippen LogP contribution is 2.55. The van der Waals surface area contributed by atoms with E-state index in [9.17, 15) is 0 Å². The molecule has 2 heterocycles. The molecule has 0 bridgehead atoms. The number of hydrogen-bond donors (Lipinski definition) is 0. The molecule has 0 aromatic heterocycles. The summed E-state index contributed by atoms with van der Waals surface area (Å²) >= 11 is 0. The minimum Gasteiger partial charge on any atom is -0.319 e. The van der Waals surface area contributed by atoms with E-state index >= 15 is 0 Å². The van der Waals surface area contributed by atoms with E-state index in [1.165, 1.54) is 151 Å². The van der Waals surface area contributed by atoms with Crippen LogP contribution in [0, 0.1) is 10.8 Å². The molecule has 2 heteroatoms. The maximum Gasteiger partial charge on any atom is 0.104 e. The molecule has 2 fully saturated rings. The smallest absolute Gasteiger partial charge is 0.104 e. The summed E-state index contributed by atoms with van der Waals surface area (Å²) in [4.78, 5) is 2.76. The molecule has 0 spiro atoms. The minimum absolute atomic E-state index is 0.380. The topological polar surface area (TPSA) is 3.24 Å². The standard InChI is InChI=1S/C39H63N2/c1-4-5-6-7-8-9-10-11-12-13-14-15-16-23-30-41(32-37-26-21-18-22-27-37)34-38(2)28-29-40(33-39(38,3)35-41)31-36-24-19-17-20-25-36/h17-22,24-27H,4-16,23,28-35H2,1-3H3/q+1/t38-,39+,41?/m1/s1. The third kappa shape index (κ3) is 9.69. The van der Waals surface area contributed by atoms with E-state index in [0.29, 0.717) is 10.8 Å². The van der Waals surface area contributed by atoms with Crippen molar-refractivity contribution in [2.75, 3.05) is 32.7 Å². The van der Waals surface area contributed by atoms with Crippen molar-refractivity contribution in [1.82, 2.24) is 4.90 Å². The molecule has 4 rings (SSSR count). The van der Waals surface area contributed by atoms with Gasteiger partial charge in [-0.2, -0.15) is 0 Å². The molecule has 0 aliphatic carbocycles. The van der Waals surface area contributed by atoms with Gasteiger partial charge in [0.25, 0.3) is 0 Å². The van der Waals surface area contributed by atoms with Crippen molar-refractivity contribution in [3.8, 4) is 0 Å². The van der Waals surface area contributed by atoms with Crippen molar-refractivity contribution >= 4 is 0 Å². The predicted octanol–water partition coefficient (Wildman–Crippen LogP) is 10.4. The zero-order chi connectivity index (χ0) is 28.9. The third-order valence-electron chi connectivity index (χ3n) is 11.0. The van der Waals surface area contributed by atoms with E-state index in [1.54, 1.807) is 0 Å². The number of unbranched alkanes of at least 4 members (excludes halogenated alkanes) is 13. The van der Waals surface area contributed by atoms with Crippen LogP contribution in [0.4, 0.5) is 0 Å². The molecule has 2 saturated heterocycles. The van der Waals surface area contributed by atoms with E-state index in [-0.39, 0.29) is 0 Å². The van der Waals surface area contributed by atoms with Gasteiger partial charge in [-0.15, -0.1) is 0 Å². The van der Waals surface area contributed by atoms with Gasteiger partial charge in [0.05, 0.1) is 19.6 Å². The number of quaternary nitrogens is 1. The maximum atomic E-state index is 2.76. The molecule has 2 aliphatic heterocycles. The van der Waals surface area contributed by atoms with E-state index in [2.05, 4.69) is 86.3 Å². The molecule has 2 aromatic rings. The first-order chi connectivity index (χ1) is 20.0. The molecule has 3 atom stereocenters. The first kappa shape index (κ1) is 32.3. The summed E-state index contributed by atoms with van der Waals surface area (Å²) in [5.41, 5.74) is 3.81. The van der Waals surface area contributed by atoms with Crippen LogP contribution >= 0.6 is 0 Å². The Balaban J connectivity index is 1.24. The zero-order valence-corrected chi connectivity index (χ0v) is 27.2. The Hall–Kier alpha value is -1.64. The lowest BCUT2D eigenvalue weighted by molar-refractivity contribution is -0.934. The van der Waals surface area contributed by atoms with Crippen molar-refractivity contribution in [1.29, 1.82) is 0 Å². The van der Waals surface area contributed by atoms with Crippen LogP contribution in [-0.4, -0.2) is 42.1 Å².